The van der Waals surface area contributed by atoms with E-state index in [0.29, 0.717) is 17.9 Å². The van der Waals surface area contributed by atoms with Crippen LogP contribution in [0, 0.1) is 0 Å². The number of hydrogen-bond acceptors (Lipinski definition) is 2. The van der Waals surface area contributed by atoms with E-state index in [1.807, 2.05) is 13.0 Å². The highest BCUT2D eigenvalue weighted by Crippen LogP contribution is 2.53. The molecule has 0 heterocycles. The van der Waals surface area contributed by atoms with E-state index in [-0.39, 0.29) is 6.04 Å². The summed E-state index contributed by atoms with van der Waals surface area (Å²) in [5, 5.41) is 0.692. The Hall–Kier alpha value is -0.110. The minimum Gasteiger partial charge on any atom is -0.341 e. The lowest BCUT2D eigenvalue weighted by atomic mass is 10.3. The minimum atomic E-state index is -3.00. The van der Waals surface area contributed by atoms with Crippen molar-refractivity contribution in [2.45, 2.75) is 32.2 Å². The van der Waals surface area contributed by atoms with E-state index in [2.05, 4.69) is 0 Å². The van der Waals surface area contributed by atoms with Gasteiger partial charge in [-0.1, -0.05) is 13.0 Å². The molecule has 12 heavy (non-hydrogen) atoms. The zero-order valence-corrected chi connectivity index (χ0v) is 8.26. The van der Waals surface area contributed by atoms with E-state index >= 15 is 0 Å². The second-order valence-corrected chi connectivity index (χ2v) is 5.75. The van der Waals surface area contributed by atoms with Gasteiger partial charge < -0.3 is 10.6 Å². The molecule has 70 valence electrons. The standard InChI is InChI=1S/C8H16NO2P/c1-2-5-12(10,11)8-4-3-7(9)6-8/h4,7H,2-3,5-6,9H2,1H3,(H,10,11). The molecular formula is C8H16NO2P. The first kappa shape index (κ1) is 9.97. The Labute approximate surface area is 73.1 Å². The van der Waals surface area contributed by atoms with Gasteiger partial charge in [-0.2, -0.15) is 0 Å². The summed E-state index contributed by atoms with van der Waals surface area (Å²) >= 11 is 0. The molecule has 2 atom stereocenters. The summed E-state index contributed by atoms with van der Waals surface area (Å²) in [4.78, 5) is 9.56. The Kier molecular flexibility index (Phi) is 3.10. The third kappa shape index (κ3) is 2.19. The molecule has 3 nitrogen and oxygen atoms in total. The lowest BCUT2D eigenvalue weighted by molar-refractivity contribution is 0.482. The fraction of sp³-hybridized carbons (Fsp3) is 0.750. The zero-order chi connectivity index (χ0) is 9.19. The van der Waals surface area contributed by atoms with Crippen LogP contribution in [-0.2, 0) is 4.57 Å². The third-order valence-electron chi connectivity index (χ3n) is 2.10. The fourth-order valence-corrected chi connectivity index (χ4v) is 3.26. The molecule has 0 radical (unpaired) electrons. The number of nitrogens with two attached hydrogens (primary N) is 1. The summed E-state index contributed by atoms with van der Waals surface area (Å²) in [7, 11) is -3.00. The third-order valence-corrected chi connectivity index (χ3v) is 4.42. The van der Waals surface area contributed by atoms with Crippen LogP contribution in [0.3, 0.4) is 0 Å². The molecule has 0 aromatic heterocycles. The van der Waals surface area contributed by atoms with Crippen molar-refractivity contribution in [1.29, 1.82) is 0 Å². The van der Waals surface area contributed by atoms with Crippen molar-refractivity contribution < 1.29 is 9.46 Å². The van der Waals surface area contributed by atoms with Gasteiger partial charge >= 0.3 is 0 Å². The van der Waals surface area contributed by atoms with Crippen LogP contribution in [-0.4, -0.2) is 17.1 Å². The molecule has 1 aliphatic rings. The molecule has 3 N–H and O–H groups in total. The van der Waals surface area contributed by atoms with Crippen LogP contribution in [0.2, 0.25) is 0 Å². The first-order chi connectivity index (χ1) is 5.56. The normalized spacial score (nSPS) is 28.2. The first-order valence-electron chi connectivity index (χ1n) is 4.33. The van der Waals surface area contributed by atoms with E-state index in [4.69, 9.17) is 5.73 Å². The highest BCUT2D eigenvalue weighted by atomic mass is 31.2. The van der Waals surface area contributed by atoms with Gasteiger partial charge in [0, 0.05) is 17.5 Å². The maximum absolute atomic E-state index is 11.6. The molecular weight excluding hydrogens is 173 g/mol. The van der Waals surface area contributed by atoms with Crippen LogP contribution in [0.25, 0.3) is 0 Å². The van der Waals surface area contributed by atoms with Crippen molar-refractivity contribution in [2.75, 3.05) is 6.16 Å². The van der Waals surface area contributed by atoms with Gasteiger partial charge in [-0.25, -0.2) is 0 Å². The summed E-state index contributed by atoms with van der Waals surface area (Å²) in [6, 6.07) is 0.0670. The van der Waals surface area contributed by atoms with Crippen molar-refractivity contribution in [2.24, 2.45) is 5.73 Å². The van der Waals surface area contributed by atoms with Crippen LogP contribution in [0.5, 0.6) is 0 Å². The molecule has 0 aromatic carbocycles. The predicted molar refractivity (Wildman–Crippen MR) is 50.3 cm³/mol. The highest BCUT2D eigenvalue weighted by molar-refractivity contribution is 7.62. The Bertz CT molecular complexity index is 237. The van der Waals surface area contributed by atoms with Crippen LogP contribution in [0.15, 0.2) is 11.4 Å². The molecule has 0 spiro atoms. The zero-order valence-electron chi connectivity index (χ0n) is 7.36. The molecule has 0 amide bonds. The minimum absolute atomic E-state index is 0.0670. The average Bonchev–Trinajstić information content (AvgIpc) is 2.36. The predicted octanol–water partition coefficient (Wildman–Crippen LogP) is 1.67. The van der Waals surface area contributed by atoms with E-state index < -0.39 is 7.37 Å². The molecule has 0 aromatic rings. The molecule has 0 aliphatic heterocycles. The summed E-state index contributed by atoms with van der Waals surface area (Å²) in [5.74, 6) is 0. The molecule has 0 bridgehead atoms. The lowest BCUT2D eigenvalue weighted by Gasteiger charge is -2.11. The van der Waals surface area contributed by atoms with E-state index in [1.54, 1.807) is 0 Å². The SMILES string of the molecule is CCCP(=O)(O)C1=CCC(N)C1. The number of hydrogen-bond donors (Lipinski definition) is 2. The molecule has 2 unspecified atom stereocenters. The Morgan fingerprint density at radius 3 is 2.92 bits per heavy atom. The Morgan fingerprint density at radius 1 is 1.83 bits per heavy atom. The van der Waals surface area contributed by atoms with E-state index in [1.165, 1.54) is 0 Å². The Morgan fingerprint density at radius 2 is 2.50 bits per heavy atom. The first-order valence-corrected chi connectivity index (χ1v) is 6.17. The van der Waals surface area contributed by atoms with Crippen molar-refractivity contribution in [1.82, 2.24) is 0 Å². The average molecular weight is 189 g/mol. The van der Waals surface area contributed by atoms with Gasteiger partial charge in [0.2, 0.25) is 7.37 Å². The molecule has 1 aliphatic carbocycles. The molecule has 0 fully saturated rings. The van der Waals surface area contributed by atoms with Crippen molar-refractivity contribution in [3.8, 4) is 0 Å². The molecule has 4 heteroatoms. The van der Waals surface area contributed by atoms with Crippen LogP contribution >= 0.6 is 7.37 Å². The number of rotatable bonds is 3. The smallest absolute Gasteiger partial charge is 0.225 e. The van der Waals surface area contributed by atoms with Crippen LogP contribution < -0.4 is 5.73 Å². The van der Waals surface area contributed by atoms with E-state index in [9.17, 15) is 9.46 Å². The second kappa shape index (κ2) is 3.73. The summed E-state index contributed by atoms with van der Waals surface area (Å²) in [5.41, 5.74) is 5.63. The van der Waals surface area contributed by atoms with Crippen molar-refractivity contribution in [3.05, 3.63) is 11.4 Å². The van der Waals surface area contributed by atoms with Gasteiger partial charge in [-0.05, 0) is 19.3 Å². The van der Waals surface area contributed by atoms with Crippen LogP contribution in [0.4, 0.5) is 0 Å². The van der Waals surface area contributed by atoms with Gasteiger partial charge in [0.25, 0.3) is 0 Å². The maximum atomic E-state index is 11.6. The summed E-state index contributed by atoms with van der Waals surface area (Å²) in [6.45, 7) is 1.91. The van der Waals surface area contributed by atoms with Gasteiger partial charge in [0.05, 0.1) is 0 Å². The van der Waals surface area contributed by atoms with Gasteiger partial charge in [0.15, 0.2) is 0 Å². The van der Waals surface area contributed by atoms with E-state index in [0.717, 1.165) is 12.8 Å². The maximum Gasteiger partial charge on any atom is 0.225 e. The lowest BCUT2D eigenvalue weighted by Crippen LogP contribution is -2.15. The molecule has 0 saturated carbocycles. The van der Waals surface area contributed by atoms with Gasteiger partial charge in [-0.3, -0.25) is 4.57 Å². The summed E-state index contributed by atoms with van der Waals surface area (Å²) < 4.78 is 11.6. The Balaban J connectivity index is 2.64. The summed E-state index contributed by atoms with van der Waals surface area (Å²) in [6.07, 6.45) is 4.34. The van der Waals surface area contributed by atoms with Crippen molar-refractivity contribution in [3.63, 3.8) is 0 Å². The molecule has 0 saturated heterocycles. The monoisotopic (exact) mass is 189 g/mol. The van der Waals surface area contributed by atoms with Gasteiger partial charge in [-0.15, -0.1) is 0 Å². The van der Waals surface area contributed by atoms with Gasteiger partial charge in [0.1, 0.15) is 0 Å². The van der Waals surface area contributed by atoms with Crippen molar-refractivity contribution >= 4 is 7.37 Å². The second-order valence-electron chi connectivity index (χ2n) is 3.32. The topological polar surface area (TPSA) is 63.3 Å². The largest absolute Gasteiger partial charge is 0.341 e. The fourth-order valence-electron chi connectivity index (χ4n) is 1.45. The quantitative estimate of drug-likeness (QED) is 0.664. The van der Waals surface area contributed by atoms with Crippen LogP contribution in [0.1, 0.15) is 26.2 Å². The highest BCUT2D eigenvalue weighted by Gasteiger charge is 2.27. The molecule has 1 rings (SSSR count).